The first kappa shape index (κ1) is 14.0. The molecule has 0 radical (unpaired) electrons. The highest BCUT2D eigenvalue weighted by Crippen LogP contribution is 2.17. The van der Waals surface area contributed by atoms with E-state index in [4.69, 9.17) is 0 Å². The fraction of sp³-hybridized carbons (Fsp3) is 0.500. The van der Waals surface area contributed by atoms with Crippen molar-refractivity contribution >= 4 is 15.7 Å². The lowest BCUT2D eigenvalue weighted by atomic mass is 10.2. The molecular weight excluding hydrogens is 236 g/mol. The Bertz CT molecular complexity index is 457. The van der Waals surface area contributed by atoms with Crippen molar-refractivity contribution in [1.82, 2.24) is 5.32 Å². The van der Waals surface area contributed by atoms with Gasteiger partial charge in [-0.2, -0.15) is 0 Å². The Morgan fingerprint density at radius 3 is 2.65 bits per heavy atom. The summed E-state index contributed by atoms with van der Waals surface area (Å²) in [5.41, 5.74) is 1.76. The van der Waals surface area contributed by atoms with Crippen molar-refractivity contribution in [3.63, 3.8) is 0 Å². The van der Waals surface area contributed by atoms with Gasteiger partial charge in [0.2, 0.25) is 10.0 Å². The smallest absolute Gasteiger partial charge is 0.236 e. The molecule has 0 spiro atoms. The first-order valence-electron chi connectivity index (χ1n) is 5.71. The minimum Gasteiger partial charge on any atom is -0.316 e. The van der Waals surface area contributed by atoms with Gasteiger partial charge in [0.05, 0.1) is 11.4 Å². The van der Waals surface area contributed by atoms with Crippen LogP contribution in [-0.4, -0.2) is 34.3 Å². The number of sulfonamides is 1. The summed E-state index contributed by atoms with van der Waals surface area (Å²) in [4.78, 5) is 0. The van der Waals surface area contributed by atoms with Gasteiger partial charge in [0.15, 0.2) is 0 Å². The third kappa shape index (κ3) is 4.02. The molecule has 0 bridgehead atoms. The zero-order chi connectivity index (χ0) is 12.9. The van der Waals surface area contributed by atoms with Crippen LogP contribution >= 0.6 is 0 Å². The summed E-state index contributed by atoms with van der Waals surface area (Å²) in [5.74, 6) is 0.116. The van der Waals surface area contributed by atoms with Gasteiger partial charge in [0.1, 0.15) is 0 Å². The number of rotatable bonds is 6. The molecule has 96 valence electrons. The van der Waals surface area contributed by atoms with Crippen LogP contribution in [0.1, 0.15) is 12.5 Å². The van der Waals surface area contributed by atoms with Crippen molar-refractivity contribution in [2.75, 3.05) is 30.2 Å². The van der Waals surface area contributed by atoms with Gasteiger partial charge >= 0.3 is 0 Å². The fourth-order valence-corrected chi connectivity index (χ4v) is 2.61. The molecule has 0 unspecified atom stereocenters. The molecule has 0 saturated carbocycles. The number of nitrogens with zero attached hydrogens (tertiary/aromatic N) is 1. The van der Waals surface area contributed by atoms with Gasteiger partial charge in [-0.3, -0.25) is 4.31 Å². The topological polar surface area (TPSA) is 49.4 Å². The lowest BCUT2D eigenvalue weighted by Gasteiger charge is -2.19. The largest absolute Gasteiger partial charge is 0.316 e. The van der Waals surface area contributed by atoms with Crippen LogP contribution in [0.2, 0.25) is 0 Å². The van der Waals surface area contributed by atoms with Crippen LogP contribution in [0.5, 0.6) is 0 Å². The molecule has 0 fully saturated rings. The molecule has 0 aliphatic heterocycles. The minimum atomic E-state index is -3.23. The van der Waals surface area contributed by atoms with Gasteiger partial charge in [0.25, 0.3) is 0 Å². The fourth-order valence-electron chi connectivity index (χ4n) is 1.50. The van der Waals surface area contributed by atoms with E-state index in [0.717, 1.165) is 12.1 Å². The van der Waals surface area contributed by atoms with Crippen molar-refractivity contribution in [3.8, 4) is 0 Å². The SMILES string of the molecule is CCNCCS(=O)(=O)N(C)c1cccc(C)c1. The molecule has 0 aromatic heterocycles. The molecule has 17 heavy (non-hydrogen) atoms. The molecule has 0 aliphatic carbocycles. The van der Waals surface area contributed by atoms with E-state index in [1.807, 2.05) is 32.0 Å². The first-order chi connectivity index (χ1) is 7.97. The van der Waals surface area contributed by atoms with E-state index in [1.54, 1.807) is 13.1 Å². The third-order valence-corrected chi connectivity index (χ3v) is 4.33. The number of nitrogens with one attached hydrogen (secondary N) is 1. The Morgan fingerprint density at radius 2 is 2.06 bits per heavy atom. The van der Waals surface area contributed by atoms with E-state index in [1.165, 1.54) is 4.31 Å². The molecule has 4 nitrogen and oxygen atoms in total. The van der Waals surface area contributed by atoms with E-state index in [-0.39, 0.29) is 5.75 Å². The second kappa shape index (κ2) is 6.02. The number of aryl methyl sites for hydroxylation is 1. The number of hydrogen-bond acceptors (Lipinski definition) is 3. The van der Waals surface area contributed by atoms with Crippen molar-refractivity contribution < 1.29 is 8.42 Å². The van der Waals surface area contributed by atoms with Crippen molar-refractivity contribution in [1.29, 1.82) is 0 Å². The standard InChI is InChI=1S/C12H20N2O2S/c1-4-13-8-9-17(15,16)14(3)12-7-5-6-11(2)10-12/h5-7,10,13H,4,8-9H2,1-3H3. The van der Waals surface area contributed by atoms with Gasteiger partial charge in [-0.05, 0) is 31.2 Å². The lowest BCUT2D eigenvalue weighted by Crippen LogP contribution is -2.33. The Labute approximate surface area is 104 Å². The van der Waals surface area contributed by atoms with Crippen LogP contribution in [0, 0.1) is 6.92 Å². The highest BCUT2D eigenvalue weighted by Gasteiger charge is 2.17. The maximum absolute atomic E-state index is 12.0. The summed E-state index contributed by atoms with van der Waals surface area (Å²) in [6, 6.07) is 7.48. The monoisotopic (exact) mass is 256 g/mol. The molecule has 0 saturated heterocycles. The minimum absolute atomic E-state index is 0.116. The van der Waals surface area contributed by atoms with Gasteiger partial charge < -0.3 is 5.32 Å². The van der Waals surface area contributed by atoms with E-state index in [2.05, 4.69) is 5.32 Å². The number of hydrogen-bond donors (Lipinski definition) is 1. The molecule has 0 atom stereocenters. The summed E-state index contributed by atoms with van der Waals surface area (Å²) in [5, 5.41) is 3.02. The second-order valence-electron chi connectivity index (χ2n) is 3.98. The van der Waals surface area contributed by atoms with Crippen molar-refractivity contribution in [2.45, 2.75) is 13.8 Å². The first-order valence-corrected chi connectivity index (χ1v) is 7.32. The van der Waals surface area contributed by atoms with Gasteiger partial charge in [-0.15, -0.1) is 0 Å². The molecule has 5 heteroatoms. The van der Waals surface area contributed by atoms with E-state index in [9.17, 15) is 8.42 Å². The lowest BCUT2D eigenvalue weighted by molar-refractivity contribution is 0.590. The average Bonchev–Trinajstić information content (AvgIpc) is 2.28. The summed E-state index contributed by atoms with van der Waals surface area (Å²) in [7, 11) is -1.64. The molecule has 0 aliphatic rings. The van der Waals surface area contributed by atoms with Crippen LogP contribution in [0.4, 0.5) is 5.69 Å². The maximum atomic E-state index is 12.0. The molecular formula is C12H20N2O2S. The summed E-state index contributed by atoms with van der Waals surface area (Å²) in [6.07, 6.45) is 0. The summed E-state index contributed by atoms with van der Waals surface area (Å²) >= 11 is 0. The maximum Gasteiger partial charge on any atom is 0.236 e. The highest BCUT2D eigenvalue weighted by molar-refractivity contribution is 7.92. The zero-order valence-corrected chi connectivity index (χ0v) is 11.4. The number of anilines is 1. The van der Waals surface area contributed by atoms with Crippen molar-refractivity contribution in [2.24, 2.45) is 0 Å². The van der Waals surface area contributed by atoms with E-state index >= 15 is 0 Å². The third-order valence-electron chi connectivity index (χ3n) is 2.57. The molecule has 1 aromatic rings. The van der Waals surface area contributed by atoms with Gasteiger partial charge in [-0.25, -0.2) is 8.42 Å². The normalized spacial score (nSPS) is 11.5. The molecule has 0 heterocycles. The molecule has 0 amide bonds. The van der Waals surface area contributed by atoms with Crippen LogP contribution in [0.15, 0.2) is 24.3 Å². The van der Waals surface area contributed by atoms with E-state index < -0.39 is 10.0 Å². The van der Waals surface area contributed by atoms with E-state index in [0.29, 0.717) is 12.2 Å². The van der Waals surface area contributed by atoms with Crippen molar-refractivity contribution in [3.05, 3.63) is 29.8 Å². The summed E-state index contributed by atoms with van der Waals surface area (Å²) < 4.78 is 25.4. The van der Waals surface area contributed by atoms with Crippen LogP contribution in [0.25, 0.3) is 0 Å². The van der Waals surface area contributed by atoms with Gasteiger partial charge in [-0.1, -0.05) is 19.1 Å². The summed E-state index contributed by atoms with van der Waals surface area (Å²) in [6.45, 7) is 5.16. The Balaban J connectivity index is 2.78. The van der Waals surface area contributed by atoms with Gasteiger partial charge in [0, 0.05) is 13.6 Å². The highest BCUT2D eigenvalue weighted by atomic mass is 32.2. The predicted molar refractivity (Wildman–Crippen MR) is 71.9 cm³/mol. The predicted octanol–water partition coefficient (Wildman–Crippen LogP) is 1.37. The quantitative estimate of drug-likeness (QED) is 0.782. The molecule has 1 rings (SSSR count). The zero-order valence-electron chi connectivity index (χ0n) is 10.6. The average molecular weight is 256 g/mol. The Hall–Kier alpha value is -1.07. The van der Waals surface area contributed by atoms with Crippen LogP contribution in [0.3, 0.4) is 0 Å². The van der Waals surface area contributed by atoms with Crippen LogP contribution < -0.4 is 9.62 Å². The molecule has 1 aromatic carbocycles. The second-order valence-corrected chi connectivity index (χ2v) is 6.10. The number of benzene rings is 1. The van der Waals surface area contributed by atoms with Crippen LogP contribution in [-0.2, 0) is 10.0 Å². The Morgan fingerprint density at radius 1 is 1.35 bits per heavy atom. The Kier molecular flexibility index (Phi) is 4.96. The molecule has 1 N–H and O–H groups in total.